The van der Waals surface area contributed by atoms with Gasteiger partial charge in [-0.05, 0) is 29.3 Å². The van der Waals surface area contributed by atoms with Gasteiger partial charge in [0.25, 0.3) is 0 Å². The number of carbonyl (C=O) groups excluding carboxylic acids is 1. The summed E-state index contributed by atoms with van der Waals surface area (Å²) in [5.41, 5.74) is -0.620. The number of phenolic OH excluding ortho intramolecular Hbond substituents is 1. The highest BCUT2D eigenvalue weighted by Crippen LogP contribution is 2.32. The van der Waals surface area contributed by atoms with Crippen molar-refractivity contribution in [2.75, 3.05) is 33.5 Å². The van der Waals surface area contributed by atoms with E-state index in [1.54, 1.807) is 48.6 Å². The molecule has 8 atom stereocenters. The fourth-order valence-corrected chi connectivity index (χ4v) is 4.52. The van der Waals surface area contributed by atoms with Gasteiger partial charge >= 0.3 is 5.97 Å². The van der Waals surface area contributed by atoms with E-state index < -0.39 is 74.5 Å². The Hall–Kier alpha value is -3.37. The summed E-state index contributed by atoms with van der Waals surface area (Å²) in [5.74, 6) is -0.482. The van der Waals surface area contributed by atoms with Crippen LogP contribution < -0.4 is 4.74 Å². The molecule has 0 amide bonds. The Balaban J connectivity index is 1.32. The Kier molecular flexibility index (Phi) is 11.3. The molecule has 2 saturated heterocycles. The number of benzene rings is 2. The van der Waals surface area contributed by atoms with Gasteiger partial charge in [-0.15, -0.1) is 0 Å². The Labute approximate surface area is 247 Å². The largest absolute Gasteiger partial charge is 0.504 e. The van der Waals surface area contributed by atoms with Crippen molar-refractivity contribution in [1.82, 2.24) is 0 Å². The lowest BCUT2D eigenvalue weighted by atomic mass is 9.98. The standard InChI is InChI=1S/C30H36O13/c1-38-21-11-9-19(14-20(21)32)8-5-13-39-28-25(35)26(24(34)22(15-31)42-28)43-29-27(36)30(37,17-41-29)16-40-23(33)12-10-18-6-3-2-4-7-18/h2-12,14,22,24-29,31-32,34-37H,13,15-17H2,1H3. The number of aliphatic hydroxyl groups excluding tert-OH is 4. The smallest absolute Gasteiger partial charge is 0.330 e. The minimum Gasteiger partial charge on any atom is -0.504 e. The van der Waals surface area contributed by atoms with Crippen LogP contribution in [0, 0.1) is 0 Å². The highest BCUT2D eigenvalue weighted by atomic mass is 16.7. The van der Waals surface area contributed by atoms with Crippen molar-refractivity contribution < 1.29 is 63.9 Å². The summed E-state index contributed by atoms with van der Waals surface area (Å²) >= 11 is 0. The van der Waals surface area contributed by atoms with Gasteiger partial charge in [0.1, 0.15) is 37.1 Å². The number of ether oxygens (including phenoxy) is 6. The second-order valence-electron chi connectivity index (χ2n) is 10.1. The van der Waals surface area contributed by atoms with Gasteiger partial charge in [0, 0.05) is 6.08 Å². The molecule has 2 heterocycles. The van der Waals surface area contributed by atoms with E-state index in [-0.39, 0.29) is 12.4 Å². The molecule has 0 aromatic heterocycles. The fourth-order valence-electron chi connectivity index (χ4n) is 4.52. The molecular formula is C30H36O13. The number of rotatable bonds is 12. The lowest BCUT2D eigenvalue weighted by molar-refractivity contribution is -0.327. The Morgan fingerprint density at radius 2 is 1.81 bits per heavy atom. The molecule has 8 unspecified atom stereocenters. The molecule has 0 bridgehead atoms. The van der Waals surface area contributed by atoms with Gasteiger partial charge in [-0.25, -0.2) is 4.79 Å². The number of aromatic hydroxyl groups is 1. The first-order valence-corrected chi connectivity index (χ1v) is 13.5. The van der Waals surface area contributed by atoms with Crippen LogP contribution in [-0.2, 0) is 28.5 Å². The number of methoxy groups -OCH3 is 1. The van der Waals surface area contributed by atoms with E-state index in [9.17, 15) is 35.4 Å². The highest BCUT2D eigenvalue weighted by Gasteiger charge is 2.53. The van der Waals surface area contributed by atoms with Crippen molar-refractivity contribution in [3.63, 3.8) is 0 Å². The number of hydrogen-bond donors (Lipinski definition) is 6. The maximum Gasteiger partial charge on any atom is 0.330 e. The number of aliphatic hydroxyl groups is 5. The van der Waals surface area contributed by atoms with Crippen LogP contribution in [0.1, 0.15) is 11.1 Å². The van der Waals surface area contributed by atoms with Crippen molar-refractivity contribution in [2.24, 2.45) is 0 Å². The normalized spacial score (nSPS) is 31.1. The third-order valence-corrected chi connectivity index (χ3v) is 6.96. The van der Waals surface area contributed by atoms with E-state index in [1.807, 2.05) is 6.07 Å². The fraction of sp³-hybridized carbons (Fsp3) is 0.433. The Bertz CT molecular complexity index is 1250. The minimum atomic E-state index is -2.03. The second kappa shape index (κ2) is 14.9. The molecule has 0 saturated carbocycles. The summed E-state index contributed by atoms with van der Waals surface area (Å²) in [6.45, 7) is -1.80. The third-order valence-electron chi connectivity index (χ3n) is 6.96. The zero-order valence-corrected chi connectivity index (χ0v) is 23.3. The Morgan fingerprint density at radius 1 is 1.05 bits per heavy atom. The van der Waals surface area contributed by atoms with Gasteiger partial charge < -0.3 is 59.1 Å². The van der Waals surface area contributed by atoms with Crippen LogP contribution in [0.5, 0.6) is 11.5 Å². The molecular weight excluding hydrogens is 568 g/mol. The zero-order chi connectivity index (χ0) is 31.0. The molecule has 0 radical (unpaired) electrons. The van der Waals surface area contributed by atoms with E-state index in [4.69, 9.17) is 28.4 Å². The molecule has 6 N–H and O–H groups in total. The topological polar surface area (TPSA) is 194 Å². The van der Waals surface area contributed by atoms with Crippen LogP contribution in [0.4, 0.5) is 0 Å². The monoisotopic (exact) mass is 604 g/mol. The van der Waals surface area contributed by atoms with E-state index in [1.165, 1.54) is 25.3 Å². The maximum absolute atomic E-state index is 12.1. The first-order chi connectivity index (χ1) is 20.6. The number of phenols is 1. The van der Waals surface area contributed by atoms with Crippen molar-refractivity contribution in [3.8, 4) is 11.5 Å². The minimum absolute atomic E-state index is 0.0438. The van der Waals surface area contributed by atoms with E-state index in [0.717, 1.165) is 5.56 Å². The van der Waals surface area contributed by atoms with Gasteiger partial charge in [-0.3, -0.25) is 0 Å². The quantitative estimate of drug-likeness (QED) is 0.140. The average molecular weight is 605 g/mol. The first kappa shape index (κ1) is 32.5. The molecule has 2 aliphatic rings. The second-order valence-corrected chi connectivity index (χ2v) is 10.1. The lowest BCUT2D eigenvalue weighted by Gasteiger charge is -2.42. The van der Waals surface area contributed by atoms with Gasteiger partial charge in [0.2, 0.25) is 0 Å². The number of hydrogen-bond acceptors (Lipinski definition) is 13. The molecule has 0 aliphatic carbocycles. The molecule has 2 fully saturated rings. The molecule has 0 spiro atoms. The van der Waals surface area contributed by atoms with Crippen LogP contribution in [0.15, 0.2) is 60.7 Å². The van der Waals surface area contributed by atoms with Crippen molar-refractivity contribution >= 4 is 18.1 Å². The summed E-state index contributed by atoms with van der Waals surface area (Å²) in [6, 6.07) is 13.8. The van der Waals surface area contributed by atoms with Gasteiger partial charge in [-0.1, -0.05) is 48.6 Å². The predicted molar refractivity (Wildman–Crippen MR) is 149 cm³/mol. The Morgan fingerprint density at radius 3 is 2.51 bits per heavy atom. The SMILES string of the molecule is COc1ccc(C=CCOC2OC(CO)C(O)C(OC3OCC(O)(COC(=O)C=Cc4ccccc4)C3O)C2O)cc1O. The number of carbonyl (C=O) groups is 1. The third kappa shape index (κ3) is 8.17. The van der Waals surface area contributed by atoms with Crippen LogP contribution >= 0.6 is 0 Å². The van der Waals surface area contributed by atoms with Crippen LogP contribution in [-0.4, -0.2) is 119 Å². The van der Waals surface area contributed by atoms with Crippen LogP contribution in [0.3, 0.4) is 0 Å². The summed E-state index contributed by atoms with van der Waals surface area (Å²) in [6.07, 6.45) is -4.49. The predicted octanol–water partition coefficient (Wildman–Crippen LogP) is -0.0403. The molecule has 2 aromatic rings. The van der Waals surface area contributed by atoms with Crippen molar-refractivity contribution in [2.45, 2.75) is 48.7 Å². The van der Waals surface area contributed by atoms with Gasteiger partial charge in [-0.2, -0.15) is 0 Å². The molecule has 2 aliphatic heterocycles. The summed E-state index contributed by atoms with van der Waals surface area (Å²) in [7, 11) is 1.44. The highest BCUT2D eigenvalue weighted by molar-refractivity contribution is 5.87. The first-order valence-electron chi connectivity index (χ1n) is 13.5. The molecule has 43 heavy (non-hydrogen) atoms. The van der Waals surface area contributed by atoms with E-state index in [2.05, 4.69) is 0 Å². The van der Waals surface area contributed by atoms with Crippen LogP contribution in [0.2, 0.25) is 0 Å². The molecule has 2 aromatic carbocycles. The lowest BCUT2D eigenvalue weighted by Crippen LogP contribution is -2.61. The maximum atomic E-state index is 12.1. The molecule has 4 rings (SSSR count). The molecule has 234 valence electrons. The summed E-state index contributed by atoms with van der Waals surface area (Å²) < 4.78 is 32.2. The van der Waals surface area contributed by atoms with Gasteiger partial charge in [0.15, 0.2) is 29.7 Å². The number of esters is 1. The van der Waals surface area contributed by atoms with Gasteiger partial charge in [0.05, 0.1) is 26.9 Å². The molecule has 13 nitrogen and oxygen atoms in total. The van der Waals surface area contributed by atoms with Crippen molar-refractivity contribution in [3.05, 3.63) is 71.8 Å². The zero-order valence-electron chi connectivity index (χ0n) is 23.3. The van der Waals surface area contributed by atoms with Crippen LogP contribution in [0.25, 0.3) is 12.2 Å². The average Bonchev–Trinajstić information content (AvgIpc) is 3.29. The summed E-state index contributed by atoms with van der Waals surface area (Å²) in [5, 5.41) is 62.7. The summed E-state index contributed by atoms with van der Waals surface area (Å²) in [4.78, 5) is 12.1. The van der Waals surface area contributed by atoms with E-state index >= 15 is 0 Å². The van der Waals surface area contributed by atoms with E-state index in [0.29, 0.717) is 11.3 Å². The molecule has 13 heteroatoms. The van der Waals surface area contributed by atoms with Crippen molar-refractivity contribution in [1.29, 1.82) is 0 Å².